The highest BCUT2D eigenvalue weighted by Crippen LogP contribution is 2.42. The fourth-order valence-electron chi connectivity index (χ4n) is 4.26. The molecular weight excluding hydrogens is 499 g/mol. The Morgan fingerprint density at radius 2 is 2.06 bits per heavy atom. The van der Waals surface area contributed by atoms with Crippen LogP contribution in [0.4, 0.5) is 29.6 Å². The Labute approximate surface area is 209 Å². The monoisotopic (exact) mass is 519 g/mol. The molecule has 2 N–H and O–H groups in total. The molecule has 1 aliphatic rings. The van der Waals surface area contributed by atoms with Gasteiger partial charge in [0.1, 0.15) is 24.0 Å². The van der Waals surface area contributed by atoms with Gasteiger partial charge in [0.15, 0.2) is 0 Å². The zero-order valence-electron chi connectivity index (χ0n) is 19.3. The van der Waals surface area contributed by atoms with E-state index in [1.54, 1.807) is 11.8 Å². The molecule has 36 heavy (non-hydrogen) atoms. The van der Waals surface area contributed by atoms with Gasteiger partial charge in [-0.1, -0.05) is 11.6 Å². The van der Waals surface area contributed by atoms with Crippen LogP contribution in [0.2, 0.25) is 5.02 Å². The van der Waals surface area contributed by atoms with Gasteiger partial charge in [-0.05, 0) is 37.6 Å². The third-order valence-electron chi connectivity index (χ3n) is 5.81. The van der Waals surface area contributed by atoms with E-state index < -0.39 is 23.9 Å². The van der Waals surface area contributed by atoms with E-state index in [0.29, 0.717) is 23.3 Å². The molecule has 4 rings (SSSR count). The van der Waals surface area contributed by atoms with E-state index >= 15 is 0 Å². The largest absolute Gasteiger partial charge is 0.450 e. The van der Waals surface area contributed by atoms with Crippen LogP contribution in [-0.2, 0) is 10.9 Å². The summed E-state index contributed by atoms with van der Waals surface area (Å²) in [6.07, 6.45) is -3.98. The van der Waals surface area contributed by atoms with Crippen molar-refractivity contribution < 1.29 is 22.7 Å². The molecule has 0 radical (unpaired) electrons. The highest BCUT2D eigenvalue weighted by molar-refractivity contribution is 6.34. The molecule has 0 spiro atoms. The SMILES string of the molecule is CCOC(=O)N1CCN(c2ncnc3cc(-c4nc(N)cc(C)c4C(F)(F)F)c(Cl)cc23)CC1C#N. The molecule has 0 bridgehead atoms. The average Bonchev–Trinajstić information content (AvgIpc) is 2.81. The van der Waals surface area contributed by atoms with Crippen molar-refractivity contribution >= 4 is 40.2 Å². The Morgan fingerprint density at radius 3 is 2.72 bits per heavy atom. The predicted molar refractivity (Wildman–Crippen MR) is 127 cm³/mol. The zero-order valence-corrected chi connectivity index (χ0v) is 20.1. The number of carbonyl (C=O) groups excluding carboxylic acids is 1. The summed E-state index contributed by atoms with van der Waals surface area (Å²) in [4.78, 5) is 27.8. The maximum absolute atomic E-state index is 13.9. The number of alkyl halides is 3. The molecule has 1 saturated heterocycles. The molecule has 9 nitrogen and oxygen atoms in total. The fourth-order valence-corrected chi connectivity index (χ4v) is 4.51. The Balaban J connectivity index is 1.77. The number of amides is 1. The van der Waals surface area contributed by atoms with Gasteiger partial charge < -0.3 is 15.4 Å². The van der Waals surface area contributed by atoms with Crippen molar-refractivity contribution in [1.29, 1.82) is 5.26 Å². The van der Waals surface area contributed by atoms with Crippen LogP contribution in [0.25, 0.3) is 22.2 Å². The molecule has 188 valence electrons. The van der Waals surface area contributed by atoms with Crippen molar-refractivity contribution in [1.82, 2.24) is 19.9 Å². The number of nitrogens with two attached hydrogens (primary N) is 1. The number of piperazine rings is 1. The van der Waals surface area contributed by atoms with Crippen LogP contribution < -0.4 is 10.6 Å². The second-order valence-electron chi connectivity index (χ2n) is 8.12. The summed E-state index contributed by atoms with van der Waals surface area (Å²) in [5.74, 6) is 0.363. The van der Waals surface area contributed by atoms with E-state index in [1.165, 1.54) is 30.3 Å². The number of carbonyl (C=O) groups is 1. The maximum atomic E-state index is 13.9. The van der Waals surface area contributed by atoms with Gasteiger partial charge >= 0.3 is 12.3 Å². The number of nitrogens with zero attached hydrogens (tertiary/aromatic N) is 6. The summed E-state index contributed by atoms with van der Waals surface area (Å²) in [6.45, 7) is 3.88. The number of halogens is 4. The summed E-state index contributed by atoms with van der Waals surface area (Å²) in [5, 5.41) is 10.1. The molecule has 1 aliphatic heterocycles. The van der Waals surface area contributed by atoms with Gasteiger partial charge in [0.25, 0.3) is 0 Å². The number of benzene rings is 1. The van der Waals surface area contributed by atoms with E-state index in [0.717, 1.165) is 6.07 Å². The molecule has 1 fully saturated rings. The van der Waals surface area contributed by atoms with Crippen LogP contribution in [0.15, 0.2) is 24.5 Å². The fraction of sp³-hybridized carbons (Fsp3) is 0.348. The van der Waals surface area contributed by atoms with E-state index in [4.69, 9.17) is 22.1 Å². The lowest BCUT2D eigenvalue weighted by Gasteiger charge is -2.38. The summed E-state index contributed by atoms with van der Waals surface area (Å²) in [6, 6.07) is 5.36. The van der Waals surface area contributed by atoms with Crippen molar-refractivity contribution in [3.63, 3.8) is 0 Å². The minimum absolute atomic E-state index is 0.00328. The van der Waals surface area contributed by atoms with Crippen molar-refractivity contribution in [3.05, 3.63) is 40.7 Å². The van der Waals surface area contributed by atoms with E-state index in [-0.39, 0.29) is 47.4 Å². The number of aromatic nitrogens is 3. The van der Waals surface area contributed by atoms with Crippen LogP contribution in [0.1, 0.15) is 18.1 Å². The minimum Gasteiger partial charge on any atom is -0.450 e. The standard InChI is InChI=1S/C23H21ClF3N7O2/c1-3-36-22(35)34-5-4-33(10-13(34)9-28)21-15-7-16(24)14(8-17(15)30-11-31-21)20-19(23(25,26)27)12(2)6-18(29)32-20/h6-8,11,13H,3-5,10H2,1-2H3,(H2,29,32). The number of nitrogen functional groups attached to an aromatic ring is 1. The van der Waals surface area contributed by atoms with Crippen LogP contribution >= 0.6 is 11.6 Å². The third kappa shape index (κ3) is 4.66. The third-order valence-corrected chi connectivity index (χ3v) is 6.12. The molecule has 1 amide bonds. The quantitative estimate of drug-likeness (QED) is 0.539. The molecule has 1 unspecified atom stereocenters. The van der Waals surface area contributed by atoms with E-state index in [1.807, 2.05) is 0 Å². The van der Waals surface area contributed by atoms with Gasteiger partial charge in [-0.3, -0.25) is 4.90 Å². The first-order valence-corrected chi connectivity index (χ1v) is 11.3. The molecule has 0 saturated carbocycles. The van der Waals surface area contributed by atoms with Gasteiger partial charge in [-0.25, -0.2) is 19.7 Å². The normalized spacial score (nSPS) is 16.2. The number of hydrogen-bond donors (Lipinski definition) is 1. The first kappa shape index (κ1) is 25.2. The second-order valence-corrected chi connectivity index (χ2v) is 8.52. The average molecular weight is 520 g/mol. The summed E-state index contributed by atoms with van der Waals surface area (Å²) in [5.41, 5.74) is 4.71. The predicted octanol–water partition coefficient (Wildman–Crippen LogP) is 4.43. The first-order valence-electron chi connectivity index (χ1n) is 10.9. The molecule has 0 aliphatic carbocycles. The maximum Gasteiger partial charge on any atom is 0.418 e. The Hall–Kier alpha value is -3.85. The Kier molecular flexibility index (Phi) is 6.77. The lowest BCUT2D eigenvalue weighted by molar-refractivity contribution is -0.137. The van der Waals surface area contributed by atoms with Gasteiger partial charge in [0, 0.05) is 24.0 Å². The number of pyridine rings is 1. The van der Waals surface area contributed by atoms with Crippen molar-refractivity contribution in [2.75, 3.05) is 36.9 Å². The summed E-state index contributed by atoms with van der Waals surface area (Å²) in [7, 11) is 0. The highest BCUT2D eigenvalue weighted by atomic mass is 35.5. The number of aryl methyl sites for hydroxylation is 1. The van der Waals surface area contributed by atoms with Crippen molar-refractivity contribution in [2.24, 2.45) is 0 Å². The van der Waals surface area contributed by atoms with Crippen molar-refractivity contribution in [3.8, 4) is 17.3 Å². The molecular formula is C23H21ClF3N7O2. The minimum atomic E-state index is -4.68. The number of hydrogen-bond acceptors (Lipinski definition) is 8. The molecule has 3 heterocycles. The topological polar surface area (TPSA) is 121 Å². The van der Waals surface area contributed by atoms with Crippen LogP contribution in [0, 0.1) is 18.3 Å². The number of nitriles is 1. The molecule has 13 heteroatoms. The number of ether oxygens (including phenoxy) is 1. The van der Waals surface area contributed by atoms with Crippen molar-refractivity contribution in [2.45, 2.75) is 26.1 Å². The van der Waals surface area contributed by atoms with E-state index in [2.05, 4.69) is 21.0 Å². The molecule has 1 atom stereocenters. The Bertz CT molecular complexity index is 1380. The molecule has 3 aromatic rings. The van der Waals surface area contributed by atoms with E-state index in [9.17, 15) is 23.2 Å². The summed E-state index contributed by atoms with van der Waals surface area (Å²) < 4.78 is 46.6. The smallest absolute Gasteiger partial charge is 0.418 e. The lowest BCUT2D eigenvalue weighted by Crippen LogP contribution is -2.55. The summed E-state index contributed by atoms with van der Waals surface area (Å²) >= 11 is 6.49. The lowest BCUT2D eigenvalue weighted by atomic mass is 9.99. The zero-order chi connectivity index (χ0) is 26.2. The molecule has 2 aromatic heterocycles. The van der Waals surface area contributed by atoms with Gasteiger partial charge in [0.05, 0.1) is 41.0 Å². The Morgan fingerprint density at radius 1 is 1.31 bits per heavy atom. The van der Waals surface area contributed by atoms with Crippen LogP contribution in [0.3, 0.4) is 0 Å². The van der Waals surface area contributed by atoms with Gasteiger partial charge in [0.2, 0.25) is 0 Å². The molecule has 1 aromatic carbocycles. The van der Waals surface area contributed by atoms with Gasteiger partial charge in [-0.2, -0.15) is 18.4 Å². The number of fused-ring (bicyclic) bond motifs is 1. The number of rotatable bonds is 3. The second kappa shape index (κ2) is 9.66. The highest BCUT2D eigenvalue weighted by Gasteiger charge is 2.37. The van der Waals surface area contributed by atoms with Gasteiger partial charge in [-0.15, -0.1) is 0 Å². The first-order chi connectivity index (χ1) is 17.0. The van der Waals surface area contributed by atoms with Crippen LogP contribution in [-0.4, -0.2) is 58.2 Å². The van der Waals surface area contributed by atoms with Crippen LogP contribution in [0.5, 0.6) is 0 Å². The number of anilines is 2.